The van der Waals surface area contributed by atoms with E-state index in [9.17, 15) is 0 Å². The van der Waals surface area contributed by atoms with E-state index in [0.717, 1.165) is 17.6 Å². The summed E-state index contributed by atoms with van der Waals surface area (Å²) in [5, 5.41) is 3.91. The molecule has 24 heavy (non-hydrogen) atoms. The number of pyridine rings is 1. The van der Waals surface area contributed by atoms with E-state index in [-0.39, 0.29) is 0 Å². The Morgan fingerprint density at radius 3 is 2.58 bits per heavy atom. The molecule has 5 rings (SSSR count). The van der Waals surface area contributed by atoms with Crippen molar-refractivity contribution in [1.29, 1.82) is 0 Å². The van der Waals surface area contributed by atoms with Crippen molar-refractivity contribution in [1.82, 2.24) is 4.98 Å². The van der Waals surface area contributed by atoms with Gasteiger partial charge in [-0.15, -0.1) is 0 Å². The summed E-state index contributed by atoms with van der Waals surface area (Å²) in [6.07, 6.45) is 1.14. The fourth-order valence-electron chi connectivity index (χ4n) is 4.02. The number of aromatic nitrogens is 1. The lowest BCUT2D eigenvalue weighted by molar-refractivity contribution is 0.736. The Bertz CT molecular complexity index is 1110. The summed E-state index contributed by atoms with van der Waals surface area (Å²) in [6.45, 7) is 4.58. The molecule has 0 fully saturated rings. The lowest BCUT2D eigenvalue weighted by atomic mass is 9.90. The molecule has 1 aliphatic rings. The second-order valence-corrected chi connectivity index (χ2v) is 6.82. The molecule has 1 aromatic heterocycles. The first kappa shape index (κ1) is 13.7. The van der Waals surface area contributed by atoms with E-state index in [1.165, 1.54) is 38.4 Å². The van der Waals surface area contributed by atoms with E-state index < -0.39 is 0 Å². The van der Waals surface area contributed by atoms with Crippen LogP contribution in [0.5, 0.6) is 0 Å². The van der Waals surface area contributed by atoms with Crippen molar-refractivity contribution in [2.75, 3.05) is 0 Å². The number of benzene rings is 3. The third kappa shape index (κ3) is 1.73. The quantitative estimate of drug-likeness (QED) is 0.360. The minimum Gasteiger partial charge on any atom is -0.247 e. The third-order valence-corrected chi connectivity index (χ3v) is 5.47. The van der Waals surface area contributed by atoms with E-state index in [0.29, 0.717) is 5.92 Å². The predicted molar refractivity (Wildman–Crippen MR) is 102 cm³/mol. The molecular formula is C23H19N. The molecule has 0 spiro atoms. The fraction of sp³-hybridized carbons (Fsp3) is 0.174. The maximum absolute atomic E-state index is 5.07. The van der Waals surface area contributed by atoms with Crippen LogP contribution in [0.3, 0.4) is 0 Å². The maximum atomic E-state index is 5.07. The van der Waals surface area contributed by atoms with E-state index in [1.807, 2.05) is 0 Å². The highest BCUT2D eigenvalue weighted by molar-refractivity contribution is 6.16. The smallest absolute Gasteiger partial charge is 0.0797 e. The Morgan fingerprint density at radius 1 is 0.875 bits per heavy atom. The molecule has 116 valence electrons. The van der Waals surface area contributed by atoms with Crippen LogP contribution in [-0.2, 0) is 0 Å². The zero-order valence-electron chi connectivity index (χ0n) is 14.0. The molecule has 0 saturated carbocycles. The number of nitrogens with zero attached hydrogens (tertiary/aromatic N) is 1. The van der Waals surface area contributed by atoms with Crippen LogP contribution in [-0.4, -0.2) is 4.98 Å². The highest BCUT2D eigenvalue weighted by atomic mass is 14.7. The lowest BCUT2D eigenvalue weighted by Gasteiger charge is -2.15. The van der Waals surface area contributed by atoms with Gasteiger partial charge in [-0.05, 0) is 46.4 Å². The first-order chi connectivity index (χ1) is 11.8. The summed E-state index contributed by atoms with van der Waals surface area (Å²) >= 11 is 0. The van der Waals surface area contributed by atoms with Crippen LogP contribution in [0.1, 0.15) is 31.7 Å². The normalized spacial score (nSPS) is 13.4. The molecule has 1 nitrogen and oxygen atoms in total. The molecule has 0 saturated heterocycles. The second kappa shape index (κ2) is 4.91. The Balaban J connectivity index is 1.96. The molecule has 3 aromatic carbocycles. The summed E-state index contributed by atoms with van der Waals surface area (Å²) in [5.74, 6) is 0.539. The van der Waals surface area contributed by atoms with Gasteiger partial charge in [-0.25, -0.2) is 4.98 Å². The van der Waals surface area contributed by atoms with Crippen LogP contribution < -0.4 is 0 Å². The van der Waals surface area contributed by atoms with Crippen LogP contribution in [0.4, 0.5) is 0 Å². The molecular weight excluding hydrogens is 290 g/mol. The third-order valence-electron chi connectivity index (χ3n) is 5.47. The van der Waals surface area contributed by atoms with Gasteiger partial charge in [0.1, 0.15) is 0 Å². The van der Waals surface area contributed by atoms with Gasteiger partial charge in [-0.2, -0.15) is 0 Å². The largest absolute Gasteiger partial charge is 0.247 e. The SMILES string of the molecule is CCC(C)c1ccc2cccc3c2c1-c1nc2ccccc2cc1-3. The highest BCUT2D eigenvalue weighted by Crippen LogP contribution is 2.50. The predicted octanol–water partition coefficient (Wildman–Crippen LogP) is 6.55. The van der Waals surface area contributed by atoms with Crippen LogP contribution in [0.2, 0.25) is 0 Å². The molecule has 4 aromatic rings. The van der Waals surface area contributed by atoms with Crippen LogP contribution in [0.25, 0.3) is 44.1 Å². The first-order valence-electron chi connectivity index (χ1n) is 8.74. The summed E-state index contributed by atoms with van der Waals surface area (Å²) < 4.78 is 0. The van der Waals surface area contributed by atoms with Gasteiger partial charge in [0.2, 0.25) is 0 Å². The molecule has 1 atom stereocenters. The molecule has 1 aliphatic carbocycles. The molecule has 1 heterocycles. The molecule has 1 heteroatoms. The van der Waals surface area contributed by atoms with Gasteiger partial charge in [0.05, 0.1) is 11.2 Å². The van der Waals surface area contributed by atoms with Crippen LogP contribution in [0, 0.1) is 0 Å². The van der Waals surface area contributed by atoms with Gasteiger partial charge in [-0.3, -0.25) is 0 Å². The Kier molecular flexibility index (Phi) is 2.81. The molecule has 0 N–H and O–H groups in total. The van der Waals surface area contributed by atoms with Crippen molar-refractivity contribution in [3.05, 3.63) is 66.2 Å². The highest BCUT2D eigenvalue weighted by Gasteiger charge is 2.26. The van der Waals surface area contributed by atoms with E-state index in [4.69, 9.17) is 4.98 Å². The fourth-order valence-corrected chi connectivity index (χ4v) is 4.02. The zero-order valence-corrected chi connectivity index (χ0v) is 14.0. The van der Waals surface area contributed by atoms with Crippen molar-refractivity contribution in [3.63, 3.8) is 0 Å². The van der Waals surface area contributed by atoms with Crippen molar-refractivity contribution in [2.24, 2.45) is 0 Å². The van der Waals surface area contributed by atoms with Crippen molar-refractivity contribution in [3.8, 4) is 22.4 Å². The van der Waals surface area contributed by atoms with Crippen molar-refractivity contribution >= 4 is 21.7 Å². The number of hydrogen-bond donors (Lipinski definition) is 0. The average molecular weight is 309 g/mol. The average Bonchev–Trinajstić information content (AvgIpc) is 2.95. The van der Waals surface area contributed by atoms with Gasteiger partial charge in [-0.1, -0.05) is 62.4 Å². The lowest BCUT2D eigenvalue weighted by Crippen LogP contribution is -1.96. The van der Waals surface area contributed by atoms with Crippen LogP contribution >= 0.6 is 0 Å². The summed E-state index contributed by atoms with van der Waals surface area (Å²) in [4.78, 5) is 5.07. The number of para-hydroxylation sites is 1. The van der Waals surface area contributed by atoms with Gasteiger partial charge in [0.15, 0.2) is 0 Å². The number of hydrogen-bond acceptors (Lipinski definition) is 1. The second-order valence-electron chi connectivity index (χ2n) is 6.82. The minimum atomic E-state index is 0.539. The summed E-state index contributed by atoms with van der Waals surface area (Å²) in [7, 11) is 0. The molecule has 0 aliphatic heterocycles. The number of rotatable bonds is 2. The standard InChI is InChI=1S/C23H19N/c1-3-14(2)17-12-11-15-8-6-9-18-19-13-16-7-4-5-10-20(16)24-23(19)22(17)21(15)18/h4-14H,3H2,1-2H3. The Hall–Kier alpha value is -2.67. The molecule has 0 radical (unpaired) electrons. The molecule has 0 amide bonds. The van der Waals surface area contributed by atoms with Gasteiger partial charge in [0.25, 0.3) is 0 Å². The van der Waals surface area contributed by atoms with E-state index >= 15 is 0 Å². The van der Waals surface area contributed by atoms with Crippen molar-refractivity contribution < 1.29 is 0 Å². The van der Waals surface area contributed by atoms with Gasteiger partial charge >= 0.3 is 0 Å². The molecule has 1 unspecified atom stereocenters. The topological polar surface area (TPSA) is 12.9 Å². The first-order valence-corrected chi connectivity index (χ1v) is 8.74. The summed E-state index contributed by atoms with van der Waals surface area (Å²) in [5.41, 5.74) is 7.65. The number of fused-ring (bicyclic) bond motifs is 4. The monoisotopic (exact) mass is 309 g/mol. The minimum absolute atomic E-state index is 0.539. The Morgan fingerprint density at radius 2 is 1.71 bits per heavy atom. The van der Waals surface area contributed by atoms with Crippen molar-refractivity contribution in [2.45, 2.75) is 26.2 Å². The zero-order chi connectivity index (χ0) is 16.3. The van der Waals surface area contributed by atoms with E-state index in [2.05, 4.69) is 74.5 Å². The summed E-state index contributed by atoms with van der Waals surface area (Å²) in [6, 6.07) is 21.9. The Labute approximate surface area is 142 Å². The maximum Gasteiger partial charge on any atom is 0.0797 e. The van der Waals surface area contributed by atoms with E-state index in [1.54, 1.807) is 0 Å². The van der Waals surface area contributed by atoms with Gasteiger partial charge in [0, 0.05) is 16.5 Å². The molecule has 0 bridgehead atoms. The van der Waals surface area contributed by atoms with Crippen LogP contribution in [0.15, 0.2) is 60.7 Å². The van der Waals surface area contributed by atoms with Gasteiger partial charge < -0.3 is 0 Å².